The third kappa shape index (κ3) is 3.40. The van der Waals surface area contributed by atoms with Gasteiger partial charge in [-0.3, -0.25) is 9.80 Å². The minimum absolute atomic E-state index is 0.581. The molecular formula is C20H29N3O2. The van der Waals surface area contributed by atoms with E-state index in [0.29, 0.717) is 11.5 Å². The Morgan fingerprint density at radius 3 is 2.64 bits per heavy atom. The summed E-state index contributed by atoms with van der Waals surface area (Å²) in [5.41, 5.74) is 2.90. The van der Waals surface area contributed by atoms with E-state index in [0.717, 1.165) is 30.3 Å². The Morgan fingerprint density at radius 1 is 1.28 bits per heavy atom. The minimum Gasteiger partial charge on any atom is -0.468 e. The number of piperidine rings is 1. The Balaban J connectivity index is 1.26. The molecule has 2 aliphatic rings. The van der Waals surface area contributed by atoms with E-state index < -0.39 is 0 Å². The maximum atomic E-state index is 5.48. The quantitative estimate of drug-likeness (QED) is 0.827. The number of nitrogens with zero attached hydrogens (tertiary/aromatic N) is 3. The van der Waals surface area contributed by atoms with Crippen molar-refractivity contribution in [2.75, 3.05) is 20.1 Å². The third-order valence-corrected chi connectivity index (χ3v) is 6.43. The van der Waals surface area contributed by atoms with Gasteiger partial charge in [0.15, 0.2) is 0 Å². The molecule has 0 radical (unpaired) electrons. The lowest BCUT2D eigenvalue weighted by Crippen LogP contribution is -2.53. The number of hydrogen-bond acceptors (Lipinski definition) is 5. The summed E-state index contributed by atoms with van der Waals surface area (Å²) in [7, 11) is 2.23. The molecule has 0 N–H and O–H groups in total. The lowest BCUT2D eigenvalue weighted by molar-refractivity contribution is -0.0400. The van der Waals surface area contributed by atoms with Crippen LogP contribution in [0.2, 0.25) is 0 Å². The molecule has 4 rings (SSSR count). The van der Waals surface area contributed by atoms with Gasteiger partial charge in [-0.05, 0) is 77.2 Å². The topological polar surface area (TPSA) is 45.7 Å². The summed E-state index contributed by atoms with van der Waals surface area (Å²) in [5.74, 6) is 2.04. The second kappa shape index (κ2) is 6.61. The molecule has 3 heterocycles. The highest BCUT2D eigenvalue weighted by Gasteiger charge is 2.47. The maximum absolute atomic E-state index is 5.48. The van der Waals surface area contributed by atoms with Gasteiger partial charge in [0.25, 0.3) is 0 Å². The van der Waals surface area contributed by atoms with E-state index in [1.165, 1.54) is 44.3 Å². The second-order valence-electron chi connectivity index (χ2n) is 8.14. The van der Waals surface area contributed by atoms with Crippen molar-refractivity contribution in [2.45, 2.75) is 58.7 Å². The van der Waals surface area contributed by atoms with Gasteiger partial charge in [0, 0.05) is 18.2 Å². The number of furan rings is 1. The van der Waals surface area contributed by atoms with Crippen molar-refractivity contribution in [1.82, 2.24) is 15.0 Å². The lowest BCUT2D eigenvalue weighted by atomic mass is 9.60. The molecule has 2 aromatic heterocycles. The van der Waals surface area contributed by atoms with Gasteiger partial charge in [0.2, 0.25) is 0 Å². The summed E-state index contributed by atoms with van der Waals surface area (Å²) in [6.45, 7) is 8.36. The van der Waals surface area contributed by atoms with Crippen molar-refractivity contribution < 1.29 is 8.94 Å². The maximum Gasteiger partial charge on any atom is 0.138 e. The highest BCUT2D eigenvalue weighted by Crippen LogP contribution is 2.51. The van der Waals surface area contributed by atoms with E-state index in [2.05, 4.69) is 28.1 Å². The van der Waals surface area contributed by atoms with Gasteiger partial charge < -0.3 is 8.94 Å². The van der Waals surface area contributed by atoms with Crippen molar-refractivity contribution >= 4 is 0 Å². The number of aryl methyl sites for hydroxylation is 2. The number of aromatic nitrogens is 1. The normalized spacial score (nSPS) is 21.1. The SMILES string of the molecule is Cc1noc(C)c1CN1CCC2(CC1)CC(N(C)Cc1ccco1)C2. The lowest BCUT2D eigenvalue weighted by Gasteiger charge is -2.54. The Morgan fingerprint density at radius 2 is 2.04 bits per heavy atom. The van der Waals surface area contributed by atoms with E-state index in [-0.39, 0.29) is 0 Å². The molecule has 0 amide bonds. The molecule has 5 nitrogen and oxygen atoms in total. The molecule has 25 heavy (non-hydrogen) atoms. The van der Waals surface area contributed by atoms with Crippen molar-refractivity contribution in [2.24, 2.45) is 5.41 Å². The van der Waals surface area contributed by atoms with Crippen LogP contribution in [-0.4, -0.2) is 41.1 Å². The van der Waals surface area contributed by atoms with Gasteiger partial charge in [0.05, 0.1) is 18.5 Å². The van der Waals surface area contributed by atoms with Crippen LogP contribution in [0.25, 0.3) is 0 Å². The van der Waals surface area contributed by atoms with Crippen LogP contribution in [-0.2, 0) is 13.1 Å². The zero-order valence-corrected chi connectivity index (χ0v) is 15.6. The number of hydrogen-bond donors (Lipinski definition) is 0. The standard InChI is InChI=1S/C20H29N3O2/c1-15-19(16(2)25-21-15)14-23-8-6-20(7-9-23)11-17(12-20)22(3)13-18-5-4-10-24-18/h4-5,10,17H,6-9,11-14H2,1-3H3. The Bertz CT molecular complexity index is 671. The largest absolute Gasteiger partial charge is 0.468 e. The molecule has 0 atom stereocenters. The molecule has 0 aromatic carbocycles. The highest BCUT2D eigenvalue weighted by atomic mass is 16.5. The molecule has 0 bridgehead atoms. The van der Waals surface area contributed by atoms with E-state index in [1.807, 2.05) is 19.9 Å². The summed E-state index contributed by atoms with van der Waals surface area (Å²) >= 11 is 0. The Kier molecular flexibility index (Phi) is 4.46. The number of rotatable bonds is 5. The van der Waals surface area contributed by atoms with Crippen LogP contribution in [0.15, 0.2) is 27.3 Å². The summed E-state index contributed by atoms with van der Waals surface area (Å²) in [6, 6.07) is 4.75. The zero-order valence-electron chi connectivity index (χ0n) is 15.6. The van der Waals surface area contributed by atoms with Crippen LogP contribution in [0.5, 0.6) is 0 Å². The van der Waals surface area contributed by atoms with Gasteiger partial charge in [-0.1, -0.05) is 5.16 Å². The monoisotopic (exact) mass is 343 g/mol. The fourth-order valence-corrected chi connectivity index (χ4v) is 4.57. The van der Waals surface area contributed by atoms with Gasteiger partial charge in [0.1, 0.15) is 11.5 Å². The van der Waals surface area contributed by atoms with Crippen LogP contribution in [0.1, 0.15) is 48.5 Å². The van der Waals surface area contributed by atoms with Crippen molar-refractivity contribution in [3.63, 3.8) is 0 Å². The average Bonchev–Trinajstić information content (AvgIpc) is 3.18. The first-order valence-electron chi connectivity index (χ1n) is 9.41. The summed E-state index contributed by atoms with van der Waals surface area (Å²) in [5, 5.41) is 4.08. The van der Waals surface area contributed by atoms with Gasteiger partial charge in [-0.2, -0.15) is 0 Å². The zero-order chi connectivity index (χ0) is 17.4. The molecule has 2 aromatic rings. The molecule has 1 aliphatic heterocycles. The molecule has 1 spiro atoms. The van der Waals surface area contributed by atoms with Gasteiger partial charge >= 0.3 is 0 Å². The van der Waals surface area contributed by atoms with Crippen molar-refractivity contribution in [1.29, 1.82) is 0 Å². The molecule has 1 aliphatic carbocycles. The molecular weight excluding hydrogens is 314 g/mol. The van der Waals surface area contributed by atoms with Gasteiger partial charge in [-0.15, -0.1) is 0 Å². The Hall–Kier alpha value is -1.59. The molecule has 5 heteroatoms. The molecule has 2 fully saturated rings. The van der Waals surface area contributed by atoms with Crippen molar-refractivity contribution in [3.8, 4) is 0 Å². The molecule has 136 valence electrons. The van der Waals surface area contributed by atoms with E-state index >= 15 is 0 Å². The first-order chi connectivity index (χ1) is 12.0. The van der Waals surface area contributed by atoms with Crippen LogP contribution in [0.3, 0.4) is 0 Å². The fourth-order valence-electron chi connectivity index (χ4n) is 4.57. The van der Waals surface area contributed by atoms with E-state index in [4.69, 9.17) is 8.94 Å². The van der Waals surface area contributed by atoms with Crippen LogP contribution < -0.4 is 0 Å². The first-order valence-corrected chi connectivity index (χ1v) is 9.41. The first kappa shape index (κ1) is 16.9. The highest BCUT2D eigenvalue weighted by molar-refractivity contribution is 5.20. The fraction of sp³-hybridized carbons (Fsp3) is 0.650. The summed E-state index contributed by atoms with van der Waals surface area (Å²) < 4.78 is 10.8. The van der Waals surface area contributed by atoms with Crippen molar-refractivity contribution in [3.05, 3.63) is 41.2 Å². The van der Waals surface area contributed by atoms with E-state index in [1.54, 1.807) is 6.26 Å². The number of likely N-dealkylation sites (tertiary alicyclic amines) is 1. The van der Waals surface area contributed by atoms with Gasteiger partial charge in [-0.25, -0.2) is 0 Å². The Labute approximate surface area is 150 Å². The minimum atomic E-state index is 0.581. The molecule has 0 unspecified atom stereocenters. The van der Waals surface area contributed by atoms with Crippen LogP contribution in [0.4, 0.5) is 0 Å². The molecule has 1 saturated heterocycles. The van der Waals surface area contributed by atoms with Crippen LogP contribution in [0, 0.1) is 19.3 Å². The molecule has 1 saturated carbocycles. The second-order valence-corrected chi connectivity index (χ2v) is 8.14. The van der Waals surface area contributed by atoms with Crippen LogP contribution >= 0.6 is 0 Å². The predicted molar refractivity (Wildman–Crippen MR) is 96.1 cm³/mol. The average molecular weight is 343 g/mol. The smallest absolute Gasteiger partial charge is 0.138 e. The summed E-state index contributed by atoms with van der Waals surface area (Å²) in [6.07, 6.45) is 7.08. The predicted octanol–water partition coefficient (Wildman–Crippen LogP) is 3.76. The third-order valence-electron chi connectivity index (χ3n) is 6.43. The summed E-state index contributed by atoms with van der Waals surface area (Å²) in [4.78, 5) is 5.03. The van der Waals surface area contributed by atoms with E-state index in [9.17, 15) is 0 Å².